The smallest absolute Gasteiger partial charge is 0.730 e. The van der Waals surface area contributed by atoms with Crippen LogP contribution in [0.1, 0.15) is 69.1 Å². The molecule has 0 saturated carbocycles. The number of ether oxygens (including phenoxy) is 2. The van der Waals surface area contributed by atoms with Gasteiger partial charge >= 0.3 is 29.6 Å². The van der Waals surface area contributed by atoms with Crippen molar-refractivity contribution in [3.8, 4) is 11.5 Å². The predicted octanol–water partition coefficient (Wildman–Crippen LogP) is 2.99. The minimum atomic E-state index is -5.25. The van der Waals surface area contributed by atoms with Crippen LogP contribution in [-0.2, 0) is 20.5 Å². The summed E-state index contributed by atoms with van der Waals surface area (Å²) in [7, 11) is -2.09. The molecule has 1 heterocycles. The van der Waals surface area contributed by atoms with Crippen molar-refractivity contribution in [2.24, 2.45) is 0 Å². The number of amides is 1. The Morgan fingerprint density at radius 2 is 1.45 bits per heavy atom. The molecule has 3 aromatic rings. The molecule has 8 nitrogen and oxygen atoms in total. The van der Waals surface area contributed by atoms with Gasteiger partial charge in [0.2, 0.25) is 0 Å². The van der Waals surface area contributed by atoms with Crippen molar-refractivity contribution >= 4 is 27.6 Å². The Morgan fingerprint density at radius 1 is 0.881 bits per heavy atom. The SMILES string of the molecule is COc1cccc(C2(C(=O)N(c3c(C(C)C)cccc3C(C)C)S(=O)(=O)[O-])CCN(c3ccccc3OC)CC2)c1.[Na+]. The molecule has 42 heavy (non-hydrogen) atoms. The molecule has 0 aromatic heterocycles. The van der Waals surface area contributed by atoms with Crippen LogP contribution in [0.5, 0.6) is 11.5 Å². The zero-order valence-electron chi connectivity index (χ0n) is 25.6. The minimum Gasteiger partial charge on any atom is -0.730 e. The molecule has 220 valence electrons. The summed E-state index contributed by atoms with van der Waals surface area (Å²) in [5.41, 5.74) is 1.66. The number of hydrogen-bond acceptors (Lipinski definition) is 7. The summed E-state index contributed by atoms with van der Waals surface area (Å²) in [6.45, 7) is 8.58. The number of hydrogen-bond donors (Lipinski definition) is 0. The van der Waals surface area contributed by atoms with Gasteiger partial charge in [0.25, 0.3) is 5.91 Å². The molecule has 3 aromatic carbocycles. The Labute approximate surface area is 272 Å². The Bertz CT molecular complexity index is 1470. The number of rotatable bonds is 9. The Balaban J connectivity index is 0.00000484. The largest absolute Gasteiger partial charge is 1.00 e. The van der Waals surface area contributed by atoms with Crippen LogP contribution in [0.15, 0.2) is 66.7 Å². The monoisotopic (exact) mass is 602 g/mol. The van der Waals surface area contributed by atoms with Gasteiger partial charge in [-0.3, -0.25) is 4.79 Å². The number of carbonyl (C=O) groups excluding carboxylic acids is 1. The molecule has 0 spiro atoms. The molecule has 1 aliphatic rings. The summed E-state index contributed by atoms with van der Waals surface area (Å²) >= 11 is 0. The number of benzene rings is 3. The van der Waals surface area contributed by atoms with Gasteiger partial charge in [-0.25, -0.2) is 12.7 Å². The summed E-state index contributed by atoms with van der Waals surface area (Å²) in [4.78, 5) is 17.0. The zero-order chi connectivity index (χ0) is 29.9. The quantitative estimate of drug-likeness (QED) is 0.274. The van der Waals surface area contributed by atoms with Crippen LogP contribution in [0.4, 0.5) is 11.4 Å². The van der Waals surface area contributed by atoms with Gasteiger partial charge in [0.15, 0.2) is 10.3 Å². The van der Waals surface area contributed by atoms with Crippen LogP contribution in [-0.4, -0.2) is 46.2 Å². The van der Waals surface area contributed by atoms with Gasteiger partial charge in [-0.15, -0.1) is 0 Å². The summed E-state index contributed by atoms with van der Waals surface area (Å²) in [6, 6.07) is 20.2. The molecule has 4 rings (SSSR count). The molecular formula is C32H39N2NaO6S. The summed E-state index contributed by atoms with van der Waals surface area (Å²) in [5, 5.41) is 0. The molecule has 1 saturated heterocycles. The average molecular weight is 603 g/mol. The van der Waals surface area contributed by atoms with Gasteiger partial charge in [-0.05, 0) is 65.6 Å². The fraction of sp³-hybridized carbons (Fsp3) is 0.406. The van der Waals surface area contributed by atoms with Crippen LogP contribution in [0.2, 0.25) is 0 Å². The van der Waals surface area contributed by atoms with E-state index in [1.807, 2.05) is 64.1 Å². The van der Waals surface area contributed by atoms with E-state index in [0.717, 1.165) is 5.69 Å². The molecule has 1 aliphatic heterocycles. The Hall–Kier alpha value is -2.56. The molecule has 1 amide bonds. The van der Waals surface area contributed by atoms with Crippen molar-refractivity contribution in [1.82, 2.24) is 0 Å². The second-order valence-corrected chi connectivity index (χ2v) is 12.3. The minimum absolute atomic E-state index is 0. The average Bonchev–Trinajstić information content (AvgIpc) is 2.96. The van der Waals surface area contributed by atoms with Crippen molar-refractivity contribution in [3.63, 3.8) is 0 Å². The van der Waals surface area contributed by atoms with E-state index in [0.29, 0.717) is 45.6 Å². The molecule has 0 unspecified atom stereocenters. The summed E-state index contributed by atoms with van der Waals surface area (Å²) in [6.07, 6.45) is 0.563. The van der Waals surface area contributed by atoms with E-state index in [4.69, 9.17) is 9.47 Å². The van der Waals surface area contributed by atoms with Crippen molar-refractivity contribution < 1.29 is 56.8 Å². The van der Waals surface area contributed by atoms with E-state index in [1.165, 1.54) is 0 Å². The molecule has 0 radical (unpaired) electrons. The third-order valence-corrected chi connectivity index (χ3v) is 8.82. The van der Waals surface area contributed by atoms with Gasteiger partial charge in [0.1, 0.15) is 11.5 Å². The Kier molecular flexibility index (Phi) is 11.2. The van der Waals surface area contributed by atoms with Crippen LogP contribution in [0, 0.1) is 0 Å². The van der Waals surface area contributed by atoms with E-state index >= 15 is 0 Å². The van der Waals surface area contributed by atoms with Crippen LogP contribution in [0.25, 0.3) is 0 Å². The van der Waals surface area contributed by atoms with Crippen LogP contribution < -0.4 is 48.2 Å². The predicted molar refractivity (Wildman–Crippen MR) is 161 cm³/mol. The maximum absolute atomic E-state index is 14.8. The standard InChI is InChI=1S/C32H40N2O6S.Na/c1-22(2)26-13-10-14-27(23(3)4)30(26)34(41(36,37)38)31(35)32(24-11-9-12-25(21-24)39-5)17-19-33(20-18-32)28-15-7-8-16-29(28)40-6;/h7-16,21-23H,17-20H2,1-6H3,(H,36,37,38);/q;+1/p-1. The first-order valence-electron chi connectivity index (χ1n) is 13.9. The maximum Gasteiger partial charge on any atom is 1.00 e. The van der Waals surface area contributed by atoms with Gasteiger partial charge in [0.05, 0.1) is 31.0 Å². The molecule has 1 fully saturated rings. The number of methoxy groups -OCH3 is 2. The van der Waals surface area contributed by atoms with Crippen molar-refractivity contribution in [1.29, 1.82) is 0 Å². The van der Waals surface area contributed by atoms with Crippen molar-refractivity contribution in [3.05, 3.63) is 83.4 Å². The van der Waals surface area contributed by atoms with E-state index in [-0.39, 0.29) is 59.9 Å². The van der Waals surface area contributed by atoms with Gasteiger partial charge in [0, 0.05) is 13.1 Å². The first-order valence-corrected chi connectivity index (χ1v) is 15.3. The van der Waals surface area contributed by atoms with Gasteiger partial charge in [-0.1, -0.05) is 70.2 Å². The molecule has 0 atom stereocenters. The van der Waals surface area contributed by atoms with Crippen molar-refractivity contribution in [2.45, 2.75) is 57.8 Å². The normalized spacial score (nSPS) is 14.8. The summed E-state index contributed by atoms with van der Waals surface area (Å²) < 4.78 is 51.0. The van der Waals surface area contributed by atoms with E-state index in [2.05, 4.69) is 4.90 Å². The molecule has 0 bridgehead atoms. The third kappa shape index (κ3) is 6.65. The van der Waals surface area contributed by atoms with Gasteiger partial charge < -0.3 is 18.9 Å². The van der Waals surface area contributed by atoms with Crippen LogP contribution in [0.3, 0.4) is 0 Å². The molecule has 0 N–H and O–H groups in total. The zero-order valence-corrected chi connectivity index (χ0v) is 28.4. The second kappa shape index (κ2) is 13.8. The third-order valence-electron chi connectivity index (χ3n) is 8.03. The first-order chi connectivity index (χ1) is 19.4. The van der Waals surface area contributed by atoms with E-state index < -0.39 is 21.6 Å². The number of nitrogens with zero attached hydrogens (tertiary/aromatic N) is 2. The molecule has 10 heteroatoms. The molecule has 0 aliphatic carbocycles. The van der Waals surface area contributed by atoms with E-state index in [9.17, 15) is 17.8 Å². The topological polar surface area (TPSA) is 99.2 Å². The number of carbonyl (C=O) groups is 1. The maximum atomic E-state index is 14.8. The first kappa shape index (κ1) is 33.9. The van der Waals surface area contributed by atoms with Gasteiger partial charge in [-0.2, -0.15) is 0 Å². The van der Waals surface area contributed by atoms with E-state index in [1.54, 1.807) is 44.6 Å². The Morgan fingerprint density at radius 3 is 1.98 bits per heavy atom. The number of para-hydroxylation sites is 3. The molecular weight excluding hydrogens is 563 g/mol. The summed E-state index contributed by atoms with van der Waals surface area (Å²) in [5.74, 6) is 0.268. The number of anilines is 2. The fourth-order valence-corrected chi connectivity index (χ4v) is 6.63. The fourth-order valence-electron chi connectivity index (χ4n) is 5.82. The number of piperidine rings is 1. The van der Waals surface area contributed by atoms with Crippen LogP contribution >= 0.6 is 0 Å². The second-order valence-electron chi connectivity index (χ2n) is 11.1. The van der Waals surface area contributed by atoms with Crippen molar-refractivity contribution in [2.75, 3.05) is 36.5 Å².